The maximum Gasteiger partial charge on any atom is 0.405 e. The molecule has 1 saturated carbocycles. The standard InChI is InChI=1S/C19H20F4N2O2/c1-2-27-18(26)17-15(16(17)12-5-3-4-6-13(12)20)11-7-8-14(24-9-11)25-10-19(21,22)23/h3-4,6-9,12,15-17H,2,5,10H2,1H3,(H,24,25)/t12?,15-,16-,17+/m1/s1. The first-order valence-corrected chi connectivity index (χ1v) is 8.77. The highest BCUT2D eigenvalue weighted by Gasteiger charge is 2.60. The number of pyridine rings is 1. The lowest BCUT2D eigenvalue weighted by molar-refractivity contribution is -0.145. The summed E-state index contributed by atoms with van der Waals surface area (Å²) in [4.78, 5) is 16.3. The molecule has 4 atom stereocenters. The van der Waals surface area contributed by atoms with Gasteiger partial charge in [-0.2, -0.15) is 13.2 Å². The van der Waals surface area contributed by atoms with Crippen molar-refractivity contribution < 1.29 is 27.1 Å². The Bertz CT molecular complexity index is 743. The zero-order valence-corrected chi connectivity index (χ0v) is 14.7. The molecule has 1 heterocycles. The summed E-state index contributed by atoms with van der Waals surface area (Å²) in [5, 5.41) is 2.20. The minimum Gasteiger partial charge on any atom is -0.466 e. The highest BCUT2D eigenvalue weighted by Crippen LogP contribution is 2.61. The van der Waals surface area contributed by atoms with Crippen LogP contribution in [0.25, 0.3) is 0 Å². The summed E-state index contributed by atoms with van der Waals surface area (Å²) < 4.78 is 56.2. The highest BCUT2D eigenvalue weighted by atomic mass is 19.4. The molecule has 1 fully saturated rings. The Balaban J connectivity index is 1.75. The Morgan fingerprint density at radius 2 is 2.15 bits per heavy atom. The molecule has 0 aliphatic heterocycles. The van der Waals surface area contributed by atoms with E-state index in [4.69, 9.17) is 4.74 Å². The highest BCUT2D eigenvalue weighted by molar-refractivity contribution is 5.78. The summed E-state index contributed by atoms with van der Waals surface area (Å²) in [6, 6.07) is 3.06. The van der Waals surface area contributed by atoms with Crippen LogP contribution >= 0.6 is 0 Å². The second-order valence-corrected chi connectivity index (χ2v) is 6.65. The predicted molar refractivity (Wildman–Crippen MR) is 91.6 cm³/mol. The van der Waals surface area contributed by atoms with E-state index in [0.29, 0.717) is 12.0 Å². The Morgan fingerprint density at radius 3 is 2.74 bits per heavy atom. The van der Waals surface area contributed by atoms with E-state index in [1.807, 2.05) is 6.08 Å². The SMILES string of the molecule is CCOC(=O)[C@H]1[C@H](c2ccc(NCC(F)(F)F)nc2)[C@H]1C1CC=CC=C1F. The summed E-state index contributed by atoms with van der Waals surface area (Å²) in [6.07, 6.45) is 2.50. The minimum atomic E-state index is -4.34. The molecule has 3 rings (SSSR count). The molecule has 27 heavy (non-hydrogen) atoms. The Kier molecular flexibility index (Phi) is 5.53. The van der Waals surface area contributed by atoms with E-state index in [1.165, 1.54) is 18.3 Å². The van der Waals surface area contributed by atoms with Crippen molar-refractivity contribution in [3.05, 3.63) is 47.9 Å². The normalized spacial score (nSPS) is 27.1. The average molecular weight is 384 g/mol. The lowest BCUT2D eigenvalue weighted by Gasteiger charge is -2.16. The number of aromatic nitrogens is 1. The molecule has 4 nitrogen and oxygen atoms in total. The van der Waals surface area contributed by atoms with Crippen molar-refractivity contribution in [3.8, 4) is 0 Å². The molecule has 2 aliphatic rings. The van der Waals surface area contributed by atoms with Gasteiger partial charge in [-0.25, -0.2) is 9.37 Å². The first-order valence-electron chi connectivity index (χ1n) is 8.77. The smallest absolute Gasteiger partial charge is 0.405 e. The van der Waals surface area contributed by atoms with Gasteiger partial charge in [0.15, 0.2) is 0 Å². The van der Waals surface area contributed by atoms with Gasteiger partial charge in [0.05, 0.1) is 12.5 Å². The fraction of sp³-hybridized carbons (Fsp3) is 0.474. The van der Waals surface area contributed by atoms with Crippen LogP contribution in [0.15, 0.2) is 42.4 Å². The van der Waals surface area contributed by atoms with Gasteiger partial charge in [0, 0.05) is 18.0 Å². The van der Waals surface area contributed by atoms with E-state index in [9.17, 15) is 22.4 Å². The van der Waals surface area contributed by atoms with E-state index in [1.54, 1.807) is 19.1 Å². The van der Waals surface area contributed by atoms with Crippen LogP contribution in [0.3, 0.4) is 0 Å². The Morgan fingerprint density at radius 1 is 1.37 bits per heavy atom. The number of alkyl halides is 3. The first-order chi connectivity index (χ1) is 12.8. The van der Waals surface area contributed by atoms with Crippen LogP contribution in [-0.4, -0.2) is 30.3 Å². The molecule has 0 amide bonds. The number of rotatable bonds is 6. The van der Waals surface area contributed by atoms with Crippen LogP contribution < -0.4 is 5.32 Å². The summed E-state index contributed by atoms with van der Waals surface area (Å²) in [5.74, 6) is -1.95. The van der Waals surface area contributed by atoms with Gasteiger partial charge >= 0.3 is 12.1 Å². The fourth-order valence-electron chi connectivity index (χ4n) is 3.67. The second kappa shape index (κ2) is 7.70. The number of hydrogen-bond donors (Lipinski definition) is 1. The molecule has 1 aromatic heterocycles. The van der Waals surface area contributed by atoms with E-state index in [2.05, 4.69) is 10.3 Å². The van der Waals surface area contributed by atoms with Gasteiger partial charge in [0.1, 0.15) is 18.2 Å². The summed E-state index contributed by atoms with van der Waals surface area (Å²) in [5.41, 5.74) is 0.693. The molecule has 1 aromatic rings. The predicted octanol–water partition coefficient (Wildman–Crippen LogP) is 4.38. The van der Waals surface area contributed by atoms with Crippen molar-refractivity contribution in [2.24, 2.45) is 17.8 Å². The number of anilines is 1. The van der Waals surface area contributed by atoms with E-state index in [-0.39, 0.29) is 36.1 Å². The lowest BCUT2D eigenvalue weighted by atomic mass is 9.91. The number of nitrogens with zero attached hydrogens (tertiary/aromatic N) is 1. The molecule has 0 spiro atoms. The van der Waals surface area contributed by atoms with Gasteiger partial charge in [-0.05, 0) is 37.0 Å². The van der Waals surface area contributed by atoms with Gasteiger partial charge in [0.2, 0.25) is 0 Å². The number of halogens is 4. The first kappa shape index (κ1) is 19.4. The molecule has 8 heteroatoms. The number of allylic oxidation sites excluding steroid dienone is 4. The van der Waals surface area contributed by atoms with Gasteiger partial charge in [-0.15, -0.1) is 0 Å². The Hall–Kier alpha value is -2.38. The maximum absolute atomic E-state index is 14.3. The number of carbonyl (C=O) groups is 1. The summed E-state index contributed by atoms with van der Waals surface area (Å²) in [7, 11) is 0. The largest absolute Gasteiger partial charge is 0.466 e. The van der Waals surface area contributed by atoms with Crippen LogP contribution in [0, 0.1) is 17.8 Å². The van der Waals surface area contributed by atoms with Gasteiger partial charge in [-0.1, -0.05) is 18.2 Å². The monoisotopic (exact) mass is 384 g/mol. The minimum absolute atomic E-state index is 0.0904. The number of hydrogen-bond acceptors (Lipinski definition) is 4. The number of carbonyl (C=O) groups excluding carboxylic acids is 1. The Labute approximate surface area is 154 Å². The maximum atomic E-state index is 14.3. The van der Waals surface area contributed by atoms with Crippen molar-refractivity contribution in [1.82, 2.24) is 4.98 Å². The molecule has 1 unspecified atom stereocenters. The topological polar surface area (TPSA) is 51.2 Å². The zero-order chi connectivity index (χ0) is 19.6. The molecule has 0 bridgehead atoms. The molecule has 0 radical (unpaired) electrons. The summed E-state index contributed by atoms with van der Waals surface area (Å²) >= 11 is 0. The summed E-state index contributed by atoms with van der Waals surface area (Å²) in [6.45, 7) is 0.758. The van der Waals surface area contributed by atoms with Crippen molar-refractivity contribution >= 4 is 11.8 Å². The zero-order valence-electron chi connectivity index (χ0n) is 14.7. The molecular weight excluding hydrogens is 364 g/mol. The third kappa shape index (κ3) is 4.48. The van der Waals surface area contributed by atoms with Gasteiger partial charge in [-0.3, -0.25) is 4.79 Å². The van der Waals surface area contributed by atoms with Crippen LogP contribution in [0.4, 0.5) is 23.4 Å². The number of ether oxygens (including phenoxy) is 1. The lowest BCUT2D eigenvalue weighted by Crippen LogP contribution is -2.21. The van der Waals surface area contributed by atoms with Gasteiger partial charge in [0.25, 0.3) is 0 Å². The number of esters is 1. The van der Waals surface area contributed by atoms with E-state index < -0.39 is 24.6 Å². The third-order valence-corrected chi connectivity index (χ3v) is 4.88. The fourth-order valence-corrected chi connectivity index (χ4v) is 3.67. The van der Waals surface area contributed by atoms with Crippen LogP contribution in [-0.2, 0) is 9.53 Å². The molecule has 2 aliphatic carbocycles. The van der Waals surface area contributed by atoms with Crippen LogP contribution in [0.1, 0.15) is 24.8 Å². The van der Waals surface area contributed by atoms with Crippen molar-refractivity contribution in [2.45, 2.75) is 25.4 Å². The second-order valence-electron chi connectivity index (χ2n) is 6.65. The van der Waals surface area contributed by atoms with Crippen molar-refractivity contribution in [3.63, 3.8) is 0 Å². The van der Waals surface area contributed by atoms with Crippen LogP contribution in [0.5, 0.6) is 0 Å². The van der Waals surface area contributed by atoms with E-state index >= 15 is 0 Å². The van der Waals surface area contributed by atoms with E-state index in [0.717, 1.165) is 0 Å². The number of nitrogens with one attached hydrogen (secondary N) is 1. The molecule has 1 N–H and O–H groups in total. The van der Waals surface area contributed by atoms with Crippen molar-refractivity contribution in [1.29, 1.82) is 0 Å². The molecule has 0 aromatic carbocycles. The average Bonchev–Trinajstić information content (AvgIpc) is 3.36. The van der Waals surface area contributed by atoms with Crippen LogP contribution in [0.2, 0.25) is 0 Å². The quantitative estimate of drug-likeness (QED) is 0.584. The molecule has 0 saturated heterocycles. The van der Waals surface area contributed by atoms with Crippen molar-refractivity contribution in [2.75, 3.05) is 18.5 Å². The third-order valence-electron chi connectivity index (χ3n) is 4.88. The molecular formula is C19H20F4N2O2. The molecule has 146 valence electrons. The van der Waals surface area contributed by atoms with Gasteiger partial charge < -0.3 is 10.1 Å².